The molecular weight excluding hydrogens is 250 g/mol. The molecule has 1 rings (SSSR count). The van der Waals surface area contributed by atoms with Gasteiger partial charge in [-0.3, -0.25) is 0 Å². The number of allylic oxidation sites excluding steroid dienone is 2. The zero-order valence-corrected chi connectivity index (χ0v) is 12.0. The van der Waals surface area contributed by atoms with E-state index in [-0.39, 0.29) is 18.1 Å². The molecule has 108 valence electrons. The number of hydrogen-bond donors (Lipinski definition) is 1. The van der Waals surface area contributed by atoms with Crippen LogP contribution in [0.15, 0.2) is 18.2 Å². The first-order valence-electron chi connectivity index (χ1n) is 6.01. The third-order valence-electron chi connectivity index (χ3n) is 1.58. The van der Waals surface area contributed by atoms with Gasteiger partial charge in [-0.1, -0.05) is 31.1 Å². The average molecular weight is 271 g/mol. The molecule has 0 spiro atoms. The van der Waals surface area contributed by atoms with Crippen molar-refractivity contribution in [1.82, 2.24) is 10.2 Å². The Kier molecular flexibility index (Phi) is 12.4. The molecule has 0 aromatic carbocycles. The van der Waals surface area contributed by atoms with Crippen LogP contribution in [0.4, 0.5) is 5.82 Å². The normalized spacial score (nSPS) is 8.89. The molecule has 1 aromatic heterocycles. The van der Waals surface area contributed by atoms with Gasteiger partial charge < -0.3 is 14.9 Å². The Balaban J connectivity index is 0. The van der Waals surface area contributed by atoms with Crippen LogP contribution in [-0.2, 0) is 4.74 Å². The molecule has 0 saturated heterocycles. The minimum atomic E-state index is -0.674. The molecule has 0 aliphatic rings. The lowest BCUT2D eigenvalue weighted by atomic mass is 10.4. The first kappa shape index (κ1) is 19.2. The second-order valence-corrected chi connectivity index (χ2v) is 2.78. The average Bonchev–Trinajstić information content (AvgIpc) is 2.91. The number of nitro groups is 1. The number of aromatic amines is 1. The van der Waals surface area contributed by atoms with Crippen molar-refractivity contribution in [3.8, 4) is 0 Å². The van der Waals surface area contributed by atoms with Crippen molar-refractivity contribution < 1.29 is 14.5 Å². The number of carbonyl (C=O) groups excluding carboxylic acids is 1. The van der Waals surface area contributed by atoms with E-state index in [2.05, 4.69) is 14.9 Å². The van der Waals surface area contributed by atoms with Crippen molar-refractivity contribution in [3.63, 3.8) is 0 Å². The van der Waals surface area contributed by atoms with Gasteiger partial charge in [-0.2, -0.15) is 0 Å². The molecule has 0 bridgehead atoms. The monoisotopic (exact) mass is 271 g/mol. The fourth-order valence-electron chi connectivity index (χ4n) is 0.715. The smallest absolute Gasteiger partial charge is 0.361 e. The van der Waals surface area contributed by atoms with Gasteiger partial charge in [0.1, 0.15) is 0 Å². The molecule has 0 unspecified atom stereocenters. The third kappa shape index (κ3) is 8.53. The molecule has 0 amide bonds. The largest absolute Gasteiger partial charge is 0.461 e. The van der Waals surface area contributed by atoms with Gasteiger partial charge >= 0.3 is 11.8 Å². The molecule has 0 aliphatic carbocycles. The maximum atomic E-state index is 11.0. The number of H-pyrrole nitrogens is 1. The minimum Gasteiger partial charge on any atom is -0.461 e. The number of aromatic nitrogens is 2. The van der Waals surface area contributed by atoms with E-state index in [0.29, 0.717) is 0 Å². The van der Waals surface area contributed by atoms with Crippen LogP contribution in [0, 0.1) is 10.1 Å². The Hall–Kier alpha value is -2.18. The first-order valence-corrected chi connectivity index (χ1v) is 6.01. The summed E-state index contributed by atoms with van der Waals surface area (Å²) in [5.41, 5.74) is -0.0893. The van der Waals surface area contributed by atoms with Gasteiger partial charge in [0.2, 0.25) is 0 Å². The molecule has 7 heteroatoms. The van der Waals surface area contributed by atoms with Gasteiger partial charge in [0.15, 0.2) is 5.69 Å². The summed E-state index contributed by atoms with van der Waals surface area (Å²) in [7, 11) is 0. The Morgan fingerprint density at radius 1 is 1.47 bits per heavy atom. The van der Waals surface area contributed by atoms with E-state index in [0.717, 1.165) is 6.07 Å². The van der Waals surface area contributed by atoms with Crippen molar-refractivity contribution in [2.75, 3.05) is 6.61 Å². The predicted octanol–water partition coefficient (Wildman–Crippen LogP) is 3.10. The molecule has 7 nitrogen and oxygen atoms in total. The van der Waals surface area contributed by atoms with Crippen LogP contribution in [0.1, 0.15) is 45.1 Å². The van der Waals surface area contributed by atoms with E-state index in [1.165, 1.54) is 0 Å². The molecule has 0 fully saturated rings. The summed E-state index contributed by atoms with van der Waals surface area (Å²) in [5, 5.41) is 15.7. The number of carbonyl (C=O) groups is 1. The topological polar surface area (TPSA) is 98.1 Å². The van der Waals surface area contributed by atoms with Crippen molar-refractivity contribution in [2.24, 2.45) is 0 Å². The van der Waals surface area contributed by atoms with Crippen molar-refractivity contribution in [1.29, 1.82) is 0 Å². The fourth-order valence-corrected chi connectivity index (χ4v) is 0.715. The molecule has 0 atom stereocenters. The van der Waals surface area contributed by atoms with Crippen LogP contribution in [0.2, 0.25) is 0 Å². The highest BCUT2D eigenvalue weighted by Crippen LogP contribution is 2.08. The van der Waals surface area contributed by atoms with Crippen molar-refractivity contribution in [3.05, 3.63) is 34.0 Å². The van der Waals surface area contributed by atoms with Gasteiger partial charge in [0.25, 0.3) is 0 Å². The van der Waals surface area contributed by atoms with Gasteiger partial charge in [-0.05, 0) is 25.7 Å². The van der Waals surface area contributed by atoms with E-state index in [1.807, 2.05) is 39.8 Å². The highest BCUT2D eigenvalue weighted by molar-refractivity contribution is 5.87. The summed E-state index contributed by atoms with van der Waals surface area (Å²) in [6, 6.07) is 1.03. The lowest BCUT2D eigenvalue weighted by Gasteiger charge is -1.93. The second kappa shape index (κ2) is 12.3. The summed E-state index contributed by atoms with van der Waals surface area (Å²) in [5.74, 6) is -1.00. The lowest BCUT2D eigenvalue weighted by molar-refractivity contribution is -0.389. The number of esters is 1. The highest BCUT2D eigenvalue weighted by atomic mass is 16.6. The Labute approximate surface area is 112 Å². The Morgan fingerprint density at radius 2 is 2.00 bits per heavy atom. The summed E-state index contributed by atoms with van der Waals surface area (Å²) >= 11 is 0. The van der Waals surface area contributed by atoms with Crippen LogP contribution < -0.4 is 0 Å². The second-order valence-electron chi connectivity index (χ2n) is 2.78. The SMILES string of the molecule is C/C=C\C.CC.CCOC(=O)c1cc([N+](=O)[O-])[nH]n1. The molecule has 0 radical (unpaired) electrons. The standard InChI is InChI=1S/C6H7N3O4.C4H8.C2H6/c1-2-13-6(10)4-3-5(8-7-4)9(11)12;1-3-4-2;1-2/h3H,2H2,1H3,(H,7,8);3-4H,1-2H3;1-2H3/b;4-3-;. The fraction of sp³-hybridized carbons (Fsp3) is 0.500. The molecule has 0 aliphatic heterocycles. The zero-order chi connectivity index (χ0) is 15.3. The van der Waals surface area contributed by atoms with E-state index >= 15 is 0 Å². The first-order chi connectivity index (χ1) is 9.06. The minimum absolute atomic E-state index is 0.0893. The van der Waals surface area contributed by atoms with Crippen LogP contribution in [-0.4, -0.2) is 27.7 Å². The molecule has 19 heavy (non-hydrogen) atoms. The number of nitrogens with zero attached hydrogens (tertiary/aromatic N) is 2. The quantitative estimate of drug-likeness (QED) is 0.394. The summed E-state index contributed by atoms with van der Waals surface area (Å²) < 4.78 is 4.58. The third-order valence-corrected chi connectivity index (χ3v) is 1.58. The van der Waals surface area contributed by atoms with Gasteiger partial charge in [0, 0.05) is 0 Å². The Bertz CT molecular complexity index is 395. The van der Waals surface area contributed by atoms with E-state index < -0.39 is 10.9 Å². The summed E-state index contributed by atoms with van der Waals surface area (Å²) in [6.45, 7) is 9.85. The van der Waals surface area contributed by atoms with Gasteiger partial charge in [-0.25, -0.2) is 4.79 Å². The summed E-state index contributed by atoms with van der Waals surface area (Å²) in [6.07, 6.45) is 4.00. The Morgan fingerprint density at radius 3 is 2.32 bits per heavy atom. The molecule has 1 heterocycles. The van der Waals surface area contributed by atoms with Gasteiger partial charge in [0.05, 0.1) is 12.7 Å². The van der Waals surface area contributed by atoms with Crippen LogP contribution in [0.5, 0.6) is 0 Å². The summed E-state index contributed by atoms with van der Waals surface area (Å²) in [4.78, 5) is 20.5. The van der Waals surface area contributed by atoms with Crippen LogP contribution in [0.3, 0.4) is 0 Å². The van der Waals surface area contributed by atoms with Crippen molar-refractivity contribution >= 4 is 11.8 Å². The van der Waals surface area contributed by atoms with E-state index in [4.69, 9.17) is 0 Å². The highest BCUT2D eigenvalue weighted by Gasteiger charge is 2.16. The predicted molar refractivity (Wildman–Crippen MR) is 73.0 cm³/mol. The lowest BCUT2D eigenvalue weighted by Crippen LogP contribution is -2.04. The molecular formula is C12H21N3O4. The van der Waals surface area contributed by atoms with E-state index in [9.17, 15) is 14.9 Å². The maximum Gasteiger partial charge on any atom is 0.361 e. The molecule has 1 N–H and O–H groups in total. The number of hydrogen-bond acceptors (Lipinski definition) is 5. The molecule has 0 saturated carbocycles. The maximum absolute atomic E-state index is 11.0. The van der Waals surface area contributed by atoms with Gasteiger partial charge in [-0.15, -0.1) is 5.10 Å². The van der Waals surface area contributed by atoms with Crippen LogP contribution in [0.25, 0.3) is 0 Å². The number of ether oxygens (including phenoxy) is 1. The van der Waals surface area contributed by atoms with Crippen molar-refractivity contribution in [2.45, 2.75) is 34.6 Å². The van der Waals surface area contributed by atoms with E-state index in [1.54, 1.807) is 6.92 Å². The van der Waals surface area contributed by atoms with Crippen LogP contribution >= 0.6 is 0 Å². The zero-order valence-electron chi connectivity index (χ0n) is 12.0. The molecule has 1 aromatic rings. The number of nitrogens with one attached hydrogen (secondary N) is 1. The number of rotatable bonds is 3.